The molecule has 2 aromatic rings. The summed E-state index contributed by atoms with van der Waals surface area (Å²) in [5, 5.41) is 0. The van der Waals surface area contributed by atoms with E-state index < -0.39 is 16.0 Å². The van der Waals surface area contributed by atoms with E-state index in [1.807, 2.05) is 18.2 Å². The lowest BCUT2D eigenvalue weighted by molar-refractivity contribution is 0.0594. The summed E-state index contributed by atoms with van der Waals surface area (Å²) in [5.41, 5.74) is 0.927. The maximum Gasteiger partial charge on any atom is 0.356 e. The van der Waals surface area contributed by atoms with Gasteiger partial charge in [-0.2, -0.15) is 4.31 Å². The van der Waals surface area contributed by atoms with Crippen LogP contribution in [0, 0.1) is 0 Å². The van der Waals surface area contributed by atoms with Gasteiger partial charge in [-0.05, 0) is 42.7 Å². The minimum Gasteiger partial charge on any atom is -0.486 e. The van der Waals surface area contributed by atoms with Crippen LogP contribution in [0.5, 0.6) is 11.5 Å². The van der Waals surface area contributed by atoms with Gasteiger partial charge in [0.15, 0.2) is 11.5 Å². The smallest absolute Gasteiger partial charge is 0.356 e. The standard InChI is InChI=1S/C19H20N2O6S/c1-25-19(22)15-6-5-14(12-20-15)28(23,24)21-8-2-3-16(21)13-4-7-17-18(11-13)27-10-9-26-17/h4-7,11-12,16H,2-3,8-10H2,1H3. The quantitative estimate of drug-likeness (QED) is 0.721. The number of pyridine rings is 1. The molecule has 148 valence electrons. The Balaban J connectivity index is 1.63. The number of fused-ring (bicyclic) bond motifs is 1. The number of sulfonamides is 1. The number of benzene rings is 1. The van der Waals surface area contributed by atoms with Gasteiger partial charge in [0, 0.05) is 12.7 Å². The summed E-state index contributed by atoms with van der Waals surface area (Å²) in [6.07, 6.45) is 2.67. The Morgan fingerprint density at radius 3 is 2.68 bits per heavy atom. The third kappa shape index (κ3) is 3.31. The number of carbonyl (C=O) groups excluding carboxylic acids is 1. The van der Waals surface area contributed by atoms with Crippen molar-refractivity contribution in [1.29, 1.82) is 0 Å². The molecule has 1 unspecified atom stereocenters. The predicted octanol–water partition coefficient (Wildman–Crippen LogP) is 2.17. The van der Waals surface area contributed by atoms with E-state index in [-0.39, 0.29) is 16.6 Å². The number of hydrogen-bond acceptors (Lipinski definition) is 7. The zero-order chi connectivity index (χ0) is 19.7. The molecule has 1 saturated heterocycles. The van der Waals surface area contributed by atoms with Crippen LogP contribution in [0.3, 0.4) is 0 Å². The molecule has 2 aliphatic rings. The van der Waals surface area contributed by atoms with Gasteiger partial charge >= 0.3 is 5.97 Å². The second kappa shape index (κ2) is 7.40. The Hall–Kier alpha value is -2.65. The highest BCUT2D eigenvalue weighted by Crippen LogP contribution is 2.40. The number of esters is 1. The zero-order valence-electron chi connectivity index (χ0n) is 15.3. The molecule has 1 fully saturated rings. The van der Waals surface area contributed by atoms with Gasteiger partial charge in [0.05, 0.1) is 13.2 Å². The molecule has 1 atom stereocenters. The molecule has 0 saturated carbocycles. The molecule has 0 bridgehead atoms. The summed E-state index contributed by atoms with van der Waals surface area (Å²) in [7, 11) is -2.51. The van der Waals surface area contributed by atoms with Crippen molar-refractivity contribution < 1.29 is 27.4 Å². The number of aromatic nitrogens is 1. The fourth-order valence-electron chi connectivity index (χ4n) is 3.52. The summed E-state index contributed by atoms with van der Waals surface area (Å²) in [6, 6.07) is 8.00. The van der Waals surface area contributed by atoms with Gasteiger partial charge in [-0.3, -0.25) is 0 Å². The van der Waals surface area contributed by atoms with Crippen molar-refractivity contribution in [1.82, 2.24) is 9.29 Å². The van der Waals surface area contributed by atoms with Crippen LogP contribution in [-0.2, 0) is 14.8 Å². The highest BCUT2D eigenvalue weighted by molar-refractivity contribution is 7.89. The van der Waals surface area contributed by atoms with Crippen molar-refractivity contribution in [2.75, 3.05) is 26.9 Å². The molecule has 0 N–H and O–H groups in total. The summed E-state index contributed by atoms with van der Waals surface area (Å²) < 4.78 is 43.6. The first-order chi connectivity index (χ1) is 13.5. The Morgan fingerprint density at radius 2 is 1.96 bits per heavy atom. The molecule has 4 rings (SSSR count). The maximum absolute atomic E-state index is 13.2. The van der Waals surface area contributed by atoms with Crippen molar-refractivity contribution in [3.8, 4) is 11.5 Å². The van der Waals surface area contributed by atoms with Crippen LogP contribution in [0.2, 0.25) is 0 Å². The molecule has 8 nitrogen and oxygen atoms in total. The average molecular weight is 404 g/mol. The van der Waals surface area contributed by atoms with Gasteiger partial charge in [-0.15, -0.1) is 0 Å². The number of carbonyl (C=O) groups is 1. The largest absolute Gasteiger partial charge is 0.486 e. The fraction of sp³-hybridized carbons (Fsp3) is 0.368. The van der Waals surface area contributed by atoms with Crippen molar-refractivity contribution in [2.45, 2.75) is 23.8 Å². The fourth-order valence-corrected chi connectivity index (χ4v) is 5.15. The van der Waals surface area contributed by atoms with Gasteiger partial charge in [-0.25, -0.2) is 18.2 Å². The van der Waals surface area contributed by atoms with E-state index in [9.17, 15) is 13.2 Å². The van der Waals surface area contributed by atoms with E-state index in [0.29, 0.717) is 37.7 Å². The Kier molecular flexibility index (Phi) is 4.94. The molecule has 0 spiro atoms. The van der Waals surface area contributed by atoms with Crippen LogP contribution in [-0.4, -0.2) is 50.5 Å². The van der Waals surface area contributed by atoms with Crippen LogP contribution in [0.1, 0.15) is 34.9 Å². The van der Waals surface area contributed by atoms with Gasteiger partial charge in [0.2, 0.25) is 10.0 Å². The Bertz CT molecular complexity index is 990. The molecule has 0 aliphatic carbocycles. The molecule has 3 heterocycles. The normalized spacial score (nSPS) is 19.4. The first kappa shape index (κ1) is 18.7. The second-order valence-electron chi connectivity index (χ2n) is 6.55. The summed E-state index contributed by atoms with van der Waals surface area (Å²) in [4.78, 5) is 15.5. The molecule has 2 aliphatic heterocycles. The van der Waals surface area contributed by atoms with Crippen LogP contribution in [0.25, 0.3) is 0 Å². The van der Waals surface area contributed by atoms with E-state index in [2.05, 4.69) is 9.72 Å². The maximum atomic E-state index is 13.2. The van der Waals surface area contributed by atoms with Crippen LogP contribution in [0.15, 0.2) is 41.4 Å². The van der Waals surface area contributed by atoms with Crippen molar-refractivity contribution >= 4 is 16.0 Å². The summed E-state index contributed by atoms with van der Waals surface area (Å²) in [5.74, 6) is 0.696. The lowest BCUT2D eigenvalue weighted by Gasteiger charge is -2.26. The van der Waals surface area contributed by atoms with E-state index in [0.717, 1.165) is 12.0 Å². The number of ether oxygens (including phenoxy) is 3. The molecular formula is C19H20N2O6S. The van der Waals surface area contributed by atoms with Gasteiger partial charge in [-0.1, -0.05) is 6.07 Å². The third-order valence-electron chi connectivity index (χ3n) is 4.89. The van der Waals surface area contributed by atoms with Crippen LogP contribution in [0.4, 0.5) is 0 Å². The number of nitrogens with zero attached hydrogens (tertiary/aromatic N) is 2. The third-order valence-corrected chi connectivity index (χ3v) is 6.78. The minimum atomic E-state index is -3.76. The van der Waals surface area contributed by atoms with Crippen molar-refractivity contribution in [3.05, 3.63) is 47.8 Å². The Morgan fingerprint density at radius 1 is 1.18 bits per heavy atom. The number of methoxy groups -OCH3 is 1. The minimum absolute atomic E-state index is 0.0459. The van der Waals surface area contributed by atoms with E-state index in [4.69, 9.17) is 9.47 Å². The molecule has 1 aromatic carbocycles. The monoisotopic (exact) mass is 404 g/mol. The summed E-state index contributed by atoms with van der Waals surface area (Å²) >= 11 is 0. The average Bonchev–Trinajstić information content (AvgIpc) is 3.24. The molecule has 9 heteroatoms. The molecule has 28 heavy (non-hydrogen) atoms. The van der Waals surface area contributed by atoms with Gasteiger partial charge in [0.25, 0.3) is 0 Å². The molecular weight excluding hydrogens is 384 g/mol. The lowest BCUT2D eigenvalue weighted by atomic mass is 10.0. The van der Waals surface area contributed by atoms with E-state index in [1.54, 1.807) is 0 Å². The first-order valence-corrected chi connectivity index (χ1v) is 10.4. The van der Waals surface area contributed by atoms with Crippen LogP contribution < -0.4 is 9.47 Å². The van der Waals surface area contributed by atoms with Crippen molar-refractivity contribution in [2.24, 2.45) is 0 Å². The van der Waals surface area contributed by atoms with Gasteiger partial charge in [0.1, 0.15) is 23.8 Å². The highest BCUT2D eigenvalue weighted by atomic mass is 32.2. The SMILES string of the molecule is COC(=O)c1ccc(S(=O)(=O)N2CCCC2c2ccc3c(c2)OCCO3)cn1. The first-order valence-electron chi connectivity index (χ1n) is 8.96. The van der Waals surface area contributed by atoms with E-state index in [1.165, 1.54) is 29.7 Å². The molecule has 0 amide bonds. The van der Waals surface area contributed by atoms with Crippen molar-refractivity contribution in [3.63, 3.8) is 0 Å². The zero-order valence-corrected chi connectivity index (χ0v) is 16.1. The second-order valence-corrected chi connectivity index (χ2v) is 8.44. The highest BCUT2D eigenvalue weighted by Gasteiger charge is 2.37. The van der Waals surface area contributed by atoms with Gasteiger partial charge < -0.3 is 14.2 Å². The molecule has 0 radical (unpaired) electrons. The van der Waals surface area contributed by atoms with E-state index >= 15 is 0 Å². The Labute approximate surface area is 163 Å². The predicted molar refractivity (Wildman–Crippen MR) is 98.9 cm³/mol. The summed E-state index contributed by atoms with van der Waals surface area (Å²) in [6.45, 7) is 1.40. The van der Waals surface area contributed by atoms with Crippen LogP contribution >= 0.6 is 0 Å². The number of hydrogen-bond donors (Lipinski definition) is 0. The molecule has 1 aromatic heterocycles. The lowest BCUT2D eigenvalue weighted by Crippen LogP contribution is -2.31. The topological polar surface area (TPSA) is 95.0 Å². The number of rotatable bonds is 4.